The summed E-state index contributed by atoms with van der Waals surface area (Å²) in [6.07, 6.45) is 3.15. The van der Waals surface area contributed by atoms with Gasteiger partial charge in [0.2, 0.25) is 0 Å². The summed E-state index contributed by atoms with van der Waals surface area (Å²) in [5.41, 5.74) is 2.54. The lowest BCUT2D eigenvalue weighted by atomic mass is 10.2. The summed E-state index contributed by atoms with van der Waals surface area (Å²) in [7, 11) is 3.63. The molecule has 0 aliphatic rings. The van der Waals surface area contributed by atoms with Crippen molar-refractivity contribution in [2.24, 2.45) is 14.1 Å². The van der Waals surface area contributed by atoms with Gasteiger partial charge in [-0.15, -0.1) is 0 Å². The van der Waals surface area contributed by atoms with Crippen molar-refractivity contribution in [2.45, 2.75) is 5.03 Å². The molecule has 0 atom stereocenters. The highest BCUT2D eigenvalue weighted by molar-refractivity contribution is 7.99. The highest BCUT2D eigenvalue weighted by Crippen LogP contribution is 2.28. The van der Waals surface area contributed by atoms with Crippen LogP contribution in [-0.4, -0.2) is 40.2 Å². The van der Waals surface area contributed by atoms with Crippen LogP contribution in [0.1, 0.15) is 5.82 Å². The Morgan fingerprint density at radius 2 is 2.07 bits per heavy atom. The maximum absolute atomic E-state index is 10.6. The second-order valence-corrected chi connectivity index (χ2v) is 6.85. The van der Waals surface area contributed by atoms with E-state index in [1.165, 1.54) is 18.1 Å². The monoisotopic (exact) mass is 377 g/mol. The molecule has 0 radical (unpaired) electrons. The van der Waals surface area contributed by atoms with Crippen LogP contribution in [0.2, 0.25) is 0 Å². The molecular weight excluding hydrogens is 362 g/mol. The first kappa shape index (κ1) is 17.1. The van der Waals surface area contributed by atoms with Crippen LogP contribution < -0.4 is 0 Å². The molecule has 4 rings (SSSR count). The number of aliphatic hydroxyl groups is 1. The highest BCUT2D eigenvalue weighted by Gasteiger charge is 2.17. The zero-order chi connectivity index (χ0) is 19.0. The SMILES string of the molecule is Cn1ncc2c(SC/C(O)=C(\C#N)c3nc4ccccc4n3C)ncnc21. The number of para-hydroxylation sites is 2. The summed E-state index contributed by atoms with van der Waals surface area (Å²) < 4.78 is 3.47. The van der Waals surface area contributed by atoms with Gasteiger partial charge in [0, 0.05) is 14.1 Å². The molecule has 3 heterocycles. The third-order valence-corrected chi connectivity index (χ3v) is 5.27. The van der Waals surface area contributed by atoms with Crippen LogP contribution in [0.15, 0.2) is 47.6 Å². The van der Waals surface area contributed by atoms with Gasteiger partial charge < -0.3 is 9.67 Å². The van der Waals surface area contributed by atoms with E-state index < -0.39 is 0 Å². The summed E-state index contributed by atoms with van der Waals surface area (Å²) in [6.45, 7) is 0. The van der Waals surface area contributed by atoms with Crippen molar-refractivity contribution >= 4 is 39.4 Å². The minimum Gasteiger partial charge on any atom is -0.510 e. The van der Waals surface area contributed by atoms with Crippen molar-refractivity contribution in [2.75, 3.05) is 5.75 Å². The number of thioether (sulfide) groups is 1. The van der Waals surface area contributed by atoms with Crippen LogP contribution in [0.4, 0.5) is 0 Å². The molecule has 3 aromatic heterocycles. The molecular formula is C18H15N7OS. The molecule has 0 amide bonds. The first-order chi connectivity index (χ1) is 13.1. The summed E-state index contributed by atoms with van der Waals surface area (Å²) >= 11 is 1.32. The summed E-state index contributed by atoms with van der Waals surface area (Å²) in [5.74, 6) is 0.579. The number of benzene rings is 1. The van der Waals surface area contributed by atoms with Crippen molar-refractivity contribution in [3.05, 3.63) is 48.4 Å². The smallest absolute Gasteiger partial charge is 0.162 e. The molecule has 0 aliphatic heterocycles. The predicted octanol–water partition coefficient (Wildman–Crippen LogP) is 2.83. The number of aliphatic hydroxyl groups excluding tert-OH is 1. The number of aryl methyl sites for hydroxylation is 2. The number of allylic oxidation sites excluding steroid dienone is 1. The Labute approximate surface area is 158 Å². The van der Waals surface area contributed by atoms with Gasteiger partial charge in [-0.25, -0.2) is 15.0 Å². The van der Waals surface area contributed by atoms with E-state index in [9.17, 15) is 10.4 Å². The van der Waals surface area contributed by atoms with E-state index in [4.69, 9.17) is 0 Å². The molecule has 0 spiro atoms. The van der Waals surface area contributed by atoms with Gasteiger partial charge in [-0.05, 0) is 12.1 Å². The average Bonchev–Trinajstić information content (AvgIpc) is 3.22. The van der Waals surface area contributed by atoms with Gasteiger partial charge in [-0.1, -0.05) is 23.9 Å². The Morgan fingerprint density at radius 1 is 1.26 bits per heavy atom. The molecule has 9 heteroatoms. The van der Waals surface area contributed by atoms with E-state index >= 15 is 0 Å². The van der Waals surface area contributed by atoms with Crippen LogP contribution in [0, 0.1) is 11.3 Å². The fourth-order valence-corrected chi connectivity index (χ4v) is 3.72. The van der Waals surface area contributed by atoms with Gasteiger partial charge >= 0.3 is 0 Å². The first-order valence-corrected chi connectivity index (χ1v) is 9.08. The number of aromatic nitrogens is 6. The van der Waals surface area contributed by atoms with Crippen LogP contribution in [0.3, 0.4) is 0 Å². The van der Waals surface area contributed by atoms with E-state index in [1.807, 2.05) is 31.3 Å². The lowest BCUT2D eigenvalue weighted by molar-refractivity contribution is 0.420. The van der Waals surface area contributed by atoms with Crippen molar-refractivity contribution in [3.8, 4) is 6.07 Å². The Kier molecular flexibility index (Phi) is 4.25. The minimum atomic E-state index is -0.0449. The number of fused-ring (bicyclic) bond motifs is 2. The maximum Gasteiger partial charge on any atom is 0.162 e. The quantitative estimate of drug-likeness (QED) is 0.252. The zero-order valence-electron chi connectivity index (χ0n) is 14.7. The summed E-state index contributed by atoms with van der Waals surface area (Å²) in [4.78, 5) is 12.9. The van der Waals surface area contributed by atoms with Crippen molar-refractivity contribution < 1.29 is 5.11 Å². The van der Waals surface area contributed by atoms with Crippen molar-refractivity contribution in [1.82, 2.24) is 29.3 Å². The van der Waals surface area contributed by atoms with Gasteiger partial charge in [0.05, 0.1) is 28.4 Å². The van der Waals surface area contributed by atoms with Gasteiger partial charge in [-0.3, -0.25) is 4.68 Å². The predicted molar refractivity (Wildman–Crippen MR) is 103 cm³/mol. The van der Waals surface area contributed by atoms with E-state index in [-0.39, 0.29) is 17.1 Å². The van der Waals surface area contributed by atoms with Gasteiger partial charge in [0.25, 0.3) is 0 Å². The second-order valence-electron chi connectivity index (χ2n) is 5.89. The molecule has 8 nitrogen and oxygen atoms in total. The molecule has 1 N–H and O–H groups in total. The first-order valence-electron chi connectivity index (χ1n) is 8.09. The lowest BCUT2D eigenvalue weighted by Crippen LogP contribution is -2.01. The Hall–Kier alpha value is -3.38. The van der Waals surface area contributed by atoms with Crippen LogP contribution >= 0.6 is 11.8 Å². The van der Waals surface area contributed by atoms with E-state index in [2.05, 4.69) is 26.1 Å². The average molecular weight is 377 g/mol. The molecule has 27 heavy (non-hydrogen) atoms. The van der Waals surface area contributed by atoms with Crippen LogP contribution in [0.25, 0.3) is 27.6 Å². The second kappa shape index (κ2) is 6.74. The van der Waals surface area contributed by atoms with E-state index in [0.717, 1.165) is 16.4 Å². The summed E-state index contributed by atoms with van der Waals surface area (Å²) in [6, 6.07) is 9.68. The number of imidazole rings is 1. The Morgan fingerprint density at radius 3 is 2.85 bits per heavy atom. The topological polar surface area (TPSA) is 105 Å². The number of nitrogens with zero attached hydrogens (tertiary/aromatic N) is 7. The molecule has 0 fully saturated rings. The fourth-order valence-electron chi connectivity index (χ4n) is 2.88. The lowest BCUT2D eigenvalue weighted by Gasteiger charge is -2.05. The van der Waals surface area contributed by atoms with Gasteiger partial charge in [0.1, 0.15) is 28.8 Å². The van der Waals surface area contributed by atoms with Gasteiger partial charge in [0.15, 0.2) is 11.5 Å². The number of hydrogen-bond donors (Lipinski definition) is 1. The summed E-state index contributed by atoms with van der Waals surface area (Å²) in [5, 5.41) is 25.9. The number of rotatable bonds is 4. The Bertz CT molecular complexity index is 1230. The van der Waals surface area contributed by atoms with E-state index in [0.29, 0.717) is 16.5 Å². The van der Waals surface area contributed by atoms with Gasteiger partial charge in [-0.2, -0.15) is 10.4 Å². The van der Waals surface area contributed by atoms with Crippen molar-refractivity contribution in [1.29, 1.82) is 5.26 Å². The third-order valence-electron chi connectivity index (χ3n) is 4.25. The molecule has 1 aromatic carbocycles. The number of nitriles is 1. The molecule has 0 bridgehead atoms. The standard InChI is InChI=1S/C18H15N7OS/c1-24-14-6-4-3-5-13(14)23-17(24)11(7-19)15(26)9-27-18-12-8-22-25(2)16(12)20-10-21-18/h3-6,8,10,26H,9H2,1-2H3/b15-11-. The van der Waals surface area contributed by atoms with Crippen LogP contribution in [-0.2, 0) is 14.1 Å². The molecule has 0 unspecified atom stereocenters. The molecule has 4 aromatic rings. The maximum atomic E-state index is 10.6. The molecule has 134 valence electrons. The highest BCUT2D eigenvalue weighted by atomic mass is 32.2. The third kappa shape index (κ3) is 2.90. The molecule has 0 saturated heterocycles. The normalized spacial score (nSPS) is 12.3. The molecule has 0 saturated carbocycles. The largest absolute Gasteiger partial charge is 0.510 e. The zero-order valence-corrected chi connectivity index (χ0v) is 15.5. The van der Waals surface area contributed by atoms with Crippen LogP contribution in [0.5, 0.6) is 0 Å². The minimum absolute atomic E-state index is 0.0449. The number of hydrogen-bond acceptors (Lipinski definition) is 7. The Balaban J connectivity index is 1.68. The van der Waals surface area contributed by atoms with E-state index in [1.54, 1.807) is 22.5 Å². The fraction of sp³-hybridized carbons (Fsp3) is 0.167. The molecule has 0 aliphatic carbocycles. The van der Waals surface area contributed by atoms with Crippen molar-refractivity contribution in [3.63, 3.8) is 0 Å².